The van der Waals surface area contributed by atoms with Gasteiger partial charge in [0.05, 0.1) is 26.0 Å². The number of benzene rings is 1. The van der Waals surface area contributed by atoms with Crippen LogP contribution in [0.15, 0.2) is 29.3 Å². The summed E-state index contributed by atoms with van der Waals surface area (Å²) in [4.78, 5) is 4.30. The van der Waals surface area contributed by atoms with Crippen molar-refractivity contribution in [3.63, 3.8) is 0 Å². The summed E-state index contributed by atoms with van der Waals surface area (Å²) in [5, 5.41) is 11.2. The number of halogens is 1. The van der Waals surface area contributed by atoms with Crippen LogP contribution in [0.4, 0.5) is 0 Å². The Morgan fingerprint density at radius 2 is 2.00 bits per heavy atom. The molecule has 1 aromatic carbocycles. The second kappa shape index (κ2) is 12.7. The third-order valence-electron chi connectivity index (χ3n) is 4.76. The van der Waals surface area contributed by atoms with Crippen molar-refractivity contribution in [1.82, 2.24) is 20.4 Å². The minimum absolute atomic E-state index is 0. The summed E-state index contributed by atoms with van der Waals surface area (Å²) in [6.07, 6.45) is 0.899. The van der Waals surface area contributed by atoms with E-state index in [0.717, 1.165) is 29.4 Å². The van der Waals surface area contributed by atoms with Crippen molar-refractivity contribution >= 4 is 29.9 Å². The van der Waals surface area contributed by atoms with Crippen molar-refractivity contribution in [1.29, 1.82) is 0 Å². The molecule has 0 spiro atoms. The Morgan fingerprint density at radius 1 is 1.28 bits per heavy atom. The molecule has 0 bridgehead atoms. The van der Waals surface area contributed by atoms with E-state index in [1.807, 2.05) is 36.0 Å². The molecule has 8 heteroatoms. The minimum atomic E-state index is 0. The van der Waals surface area contributed by atoms with Crippen LogP contribution in [0.2, 0.25) is 0 Å². The SMILES string of the molecule is CN=C(NCCOCc1ccccc1OC)NC(C)Cc1c(C)nn(C)c1C.I. The third kappa shape index (κ3) is 7.50. The van der Waals surface area contributed by atoms with Gasteiger partial charge in [0.15, 0.2) is 5.96 Å². The highest BCUT2D eigenvalue weighted by molar-refractivity contribution is 14.0. The summed E-state index contributed by atoms with van der Waals surface area (Å²) in [5.41, 5.74) is 4.63. The fourth-order valence-corrected chi connectivity index (χ4v) is 3.14. The molecule has 1 heterocycles. The van der Waals surface area contributed by atoms with Gasteiger partial charge in [-0.25, -0.2) is 0 Å². The van der Waals surface area contributed by atoms with Gasteiger partial charge in [0.1, 0.15) is 5.75 Å². The van der Waals surface area contributed by atoms with E-state index >= 15 is 0 Å². The lowest BCUT2D eigenvalue weighted by atomic mass is 10.1. The van der Waals surface area contributed by atoms with Gasteiger partial charge in [-0.05, 0) is 38.8 Å². The summed E-state index contributed by atoms with van der Waals surface area (Å²) in [6, 6.07) is 8.13. The van der Waals surface area contributed by atoms with E-state index in [4.69, 9.17) is 9.47 Å². The zero-order chi connectivity index (χ0) is 20.5. The number of nitrogens with zero attached hydrogens (tertiary/aromatic N) is 3. The van der Waals surface area contributed by atoms with Crippen LogP contribution in [0.5, 0.6) is 5.75 Å². The number of aliphatic imine (C=N–C) groups is 1. The van der Waals surface area contributed by atoms with Crippen LogP contribution in [0, 0.1) is 13.8 Å². The second-order valence-corrected chi connectivity index (χ2v) is 6.89. The number of ether oxygens (including phenoxy) is 2. The van der Waals surface area contributed by atoms with E-state index in [0.29, 0.717) is 19.8 Å². The number of guanidine groups is 1. The molecule has 0 aliphatic heterocycles. The summed E-state index contributed by atoms with van der Waals surface area (Å²) in [5.74, 6) is 1.62. The van der Waals surface area contributed by atoms with Crippen molar-refractivity contribution < 1.29 is 9.47 Å². The van der Waals surface area contributed by atoms with Gasteiger partial charge in [-0.1, -0.05) is 18.2 Å². The van der Waals surface area contributed by atoms with E-state index in [1.54, 1.807) is 14.2 Å². The minimum Gasteiger partial charge on any atom is -0.496 e. The van der Waals surface area contributed by atoms with E-state index < -0.39 is 0 Å². The fraction of sp³-hybridized carbons (Fsp3) is 0.524. The average Bonchev–Trinajstić information content (AvgIpc) is 2.93. The van der Waals surface area contributed by atoms with Crippen molar-refractivity contribution in [3.05, 3.63) is 46.8 Å². The van der Waals surface area contributed by atoms with Crippen molar-refractivity contribution in [2.75, 3.05) is 27.3 Å². The third-order valence-corrected chi connectivity index (χ3v) is 4.76. The Balaban J connectivity index is 0.00000420. The van der Waals surface area contributed by atoms with Crippen LogP contribution >= 0.6 is 24.0 Å². The number of hydrogen-bond acceptors (Lipinski definition) is 4. The fourth-order valence-electron chi connectivity index (χ4n) is 3.14. The molecule has 2 N–H and O–H groups in total. The smallest absolute Gasteiger partial charge is 0.191 e. The second-order valence-electron chi connectivity index (χ2n) is 6.89. The van der Waals surface area contributed by atoms with Crippen LogP contribution in [-0.4, -0.2) is 49.1 Å². The number of methoxy groups -OCH3 is 1. The maximum atomic E-state index is 5.76. The van der Waals surface area contributed by atoms with Gasteiger partial charge in [-0.2, -0.15) is 5.10 Å². The molecule has 2 rings (SSSR count). The molecule has 162 valence electrons. The molecule has 0 saturated heterocycles. The van der Waals surface area contributed by atoms with Crippen molar-refractivity contribution in [3.8, 4) is 5.75 Å². The molecule has 0 amide bonds. The largest absolute Gasteiger partial charge is 0.496 e. The van der Waals surface area contributed by atoms with Gasteiger partial charge in [0, 0.05) is 37.9 Å². The Kier molecular flexibility index (Phi) is 11.0. The normalized spacial score (nSPS) is 12.3. The molecule has 0 radical (unpaired) electrons. The molecule has 1 aromatic heterocycles. The van der Waals surface area contributed by atoms with Crippen LogP contribution < -0.4 is 15.4 Å². The first kappa shape index (κ1) is 25.2. The number of rotatable bonds is 9. The van der Waals surface area contributed by atoms with Crippen molar-refractivity contribution in [2.45, 2.75) is 39.8 Å². The van der Waals surface area contributed by atoms with Gasteiger partial charge in [0.2, 0.25) is 0 Å². The zero-order valence-corrected chi connectivity index (χ0v) is 20.6. The highest BCUT2D eigenvalue weighted by Gasteiger charge is 2.14. The molecule has 0 fully saturated rings. The van der Waals surface area contributed by atoms with Gasteiger partial charge in [0.25, 0.3) is 0 Å². The quantitative estimate of drug-likeness (QED) is 0.233. The number of aromatic nitrogens is 2. The molecule has 29 heavy (non-hydrogen) atoms. The number of para-hydroxylation sites is 1. The number of aryl methyl sites for hydroxylation is 2. The molecule has 2 aromatic rings. The molecule has 0 saturated carbocycles. The molecule has 1 unspecified atom stereocenters. The number of hydrogen-bond donors (Lipinski definition) is 2. The first-order valence-electron chi connectivity index (χ1n) is 9.62. The maximum Gasteiger partial charge on any atom is 0.191 e. The van der Waals surface area contributed by atoms with Crippen LogP contribution in [0.3, 0.4) is 0 Å². The monoisotopic (exact) mass is 515 g/mol. The van der Waals surface area contributed by atoms with E-state index in [1.165, 1.54) is 11.3 Å². The Hall–Kier alpha value is -1.81. The zero-order valence-electron chi connectivity index (χ0n) is 18.3. The highest BCUT2D eigenvalue weighted by atomic mass is 127. The van der Waals surface area contributed by atoms with Gasteiger partial charge in [-0.15, -0.1) is 24.0 Å². The van der Waals surface area contributed by atoms with Crippen LogP contribution in [-0.2, 0) is 24.8 Å². The summed E-state index contributed by atoms with van der Waals surface area (Å²) in [7, 11) is 5.43. The predicted molar refractivity (Wildman–Crippen MR) is 128 cm³/mol. The molecule has 0 aliphatic rings. The van der Waals surface area contributed by atoms with E-state index in [2.05, 4.69) is 41.5 Å². The summed E-state index contributed by atoms with van der Waals surface area (Å²) in [6.45, 7) is 8.08. The summed E-state index contributed by atoms with van der Waals surface area (Å²) < 4.78 is 13.0. The van der Waals surface area contributed by atoms with Gasteiger partial charge < -0.3 is 20.1 Å². The lowest BCUT2D eigenvalue weighted by molar-refractivity contribution is 0.123. The highest BCUT2D eigenvalue weighted by Crippen LogP contribution is 2.17. The van der Waals surface area contributed by atoms with Crippen molar-refractivity contribution in [2.24, 2.45) is 12.0 Å². The Labute approximate surface area is 191 Å². The maximum absolute atomic E-state index is 5.76. The lowest BCUT2D eigenvalue weighted by Gasteiger charge is -2.18. The predicted octanol–water partition coefficient (Wildman–Crippen LogP) is 2.98. The van der Waals surface area contributed by atoms with Crippen LogP contribution in [0.25, 0.3) is 0 Å². The lowest BCUT2D eigenvalue weighted by Crippen LogP contribution is -2.44. The Morgan fingerprint density at radius 3 is 2.62 bits per heavy atom. The molecule has 7 nitrogen and oxygen atoms in total. The van der Waals surface area contributed by atoms with E-state index in [-0.39, 0.29) is 30.0 Å². The first-order chi connectivity index (χ1) is 13.5. The number of nitrogens with one attached hydrogen (secondary N) is 2. The van der Waals surface area contributed by atoms with Crippen LogP contribution in [0.1, 0.15) is 29.4 Å². The molecular formula is C21H34IN5O2. The van der Waals surface area contributed by atoms with Gasteiger partial charge in [-0.3, -0.25) is 9.67 Å². The first-order valence-corrected chi connectivity index (χ1v) is 9.62. The van der Waals surface area contributed by atoms with Gasteiger partial charge >= 0.3 is 0 Å². The molecule has 0 aliphatic carbocycles. The summed E-state index contributed by atoms with van der Waals surface area (Å²) >= 11 is 0. The Bertz CT molecular complexity index is 791. The molecule has 1 atom stereocenters. The standard InChI is InChI=1S/C21H33N5O2.HI/c1-15(13-19-16(2)25-26(5)17(19)3)24-21(22-4)23-11-12-28-14-18-9-7-8-10-20(18)27-6;/h7-10,15H,11-14H2,1-6H3,(H2,22,23,24);1H. The molecular weight excluding hydrogens is 481 g/mol. The average molecular weight is 515 g/mol. The van der Waals surface area contributed by atoms with E-state index in [9.17, 15) is 0 Å². The topological polar surface area (TPSA) is 72.7 Å².